The fraction of sp³-hybridized carbons (Fsp3) is 0.200. The van der Waals surface area contributed by atoms with Crippen LogP contribution in [0, 0.1) is 0 Å². The molecule has 0 atom stereocenters. The molecule has 0 aromatic heterocycles. The fourth-order valence-electron chi connectivity index (χ4n) is 0.163. The maximum Gasteiger partial charge on any atom is 0.466 e. The molecular formula is C5H10O6P. The maximum absolute atomic E-state index is 9.46. The number of hydrogen-bond donors (Lipinski definition) is 3. The van der Waals surface area contributed by atoms with Crippen molar-refractivity contribution in [1.29, 1.82) is 0 Å². The van der Waals surface area contributed by atoms with Gasteiger partial charge in [0, 0.05) is 0 Å². The van der Waals surface area contributed by atoms with E-state index in [1.165, 1.54) is 0 Å². The molecule has 0 aliphatic rings. The summed E-state index contributed by atoms with van der Waals surface area (Å²) < 4.78 is 13.4. The first-order valence-corrected chi connectivity index (χ1v) is 4.26. The van der Waals surface area contributed by atoms with Gasteiger partial charge in [0.15, 0.2) is 6.26 Å². The average Bonchev–Trinajstić information content (AvgIpc) is 1.85. The Morgan fingerprint density at radius 1 is 1.42 bits per heavy atom. The van der Waals surface area contributed by atoms with Crippen LogP contribution in [0.25, 0.3) is 0 Å². The molecule has 1 radical (unpaired) electrons. The van der Waals surface area contributed by atoms with Gasteiger partial charge in [-0.3, -0.25) is 5.11 Å². The van der Waals surface area contributed by atoms with Crippen LogP contribution in [0.1, 0.15) is 0 Å². The molecule has 3 N–H and O–H groups in total. The van der Waals surface area contributed by atoms with Crippen molar-refractivity contribution in [2.75, 3.05) is 6.61 Å². The summed E-state index contributed by atoms with van der Waals surface area (Å²) in [7, 11) is -4.64. The summed E-state index contributed by atoms with van der Waals surface area (Å²) in [6.45, 7) is 3.77. The third-order valence-electron chi connectivity index (χ3n) is 0.366. The topological polar surface area (TPSA) is 107 Å². The molecule has 0 saturated carbocycles. The minimum Gasteiger partial charge on any atom is -0.494 e. The predicted octanol–water partition coefficient (Wildman–Crippen LogP) is 0.162. The summed E-state index contributed by atoms with van der Waals surface area (Å²) in [6, 6.07) is 0. The molecule has 0 aliphatic carbocycles. The first-order chi connectivity index (χ1) is 5.41. The average molecular weight is 197 g/mol. The number of rotatable bonds is 3. The highest BCUT2D eigenvalue weighted by Gasteiger charge is 2.00. The van der Waals surface area contributed by atoms with E-state index >= 15 is 0 Å². The van der Waals surface area contributed by atoms with Crippen LogP contribution in [0.4, 0.5) is 0 Å². The van der Waals surface area contributed by atoms with Gasteiger partial charge in [0.2, 0.25) is 0 Å². The lowest BCUT2D eigenvalue weighted by Crippen LogP contribution is -1.76. The smallest absolute Gasteiger partial charge is 0.466 e. The summed E-state index contributed by atoms with van der Waals surface area (Å²) in [5, 5.41) is 9.46. The highest BCUT2D eigenvalue weighted by atomic mass is 31.2. The molecule has 7 heteroatoms. The Morgan fingerprint density at radius 2 is 1.83 bits per heavy atom. The highest BCUT2D eigenvalue weighted by molar-refractivity contribution is 7.45. The largest absolute Gasteiger partial charge is 0.494 e. The molecule has 0 saturated heterocycles. The summed E-state index contributed by atoms with van der Waals surface area (Å²) >= 11 is 0. The summed E-state index contributed by atoms with van der Waals surface area (Å²) in [4.78, 5) is 21.6. The van der Waals surface area contributed by atoms with Gasteiger partial charge in [0.25, 0.3) is 0 Å². The molecule has 0 heterocycles. The zero-order chi connectivity index (χ0) is 10.0. The molecule has 0 aromatic rings. The summed E-state index contributed by atoms with van der Waals surface area (Å²) in [5.74, 6) is 0. The predicted molar refractivity (Wildman–Crippen MR) is 40.2 cm³/mol. The van der Waals surface area contributed by atoms with Gasteiger partial charge in [0.05, 0.1) is 0 Å². The van der Waals surface area contributed by atoms with Crippen LogP contribution < -0.4 is 0 Å². The van der Waals surface area contributed by atoms with Crippen LogP contribution in [0.3, 0.4) is 0 Å². The van der Waals surface area contributed by atoms with Crippen LogP contribution in [0.5, 0.6) is 0 Å². The lowest BCUT2D eigenvalue weighted by atomic mass is 10.7. The number of phosphoric acid groups is 1. The second-order valence-corrected chi connectivity index (χ2v) is 2.43. The van der Waals surface area contributed by atoms with Gasteiger partial charge in [-0.25, -0.2) is 4.57 Å². The van der Waals surface area contributed by atoms with E-state index in [1.807, 2.05) is 0 Å². The van der Waals surface area contributed by atoms with E-state index in [1.54, 1.807) is 6.08 Å². The molecule has 0 rings (SSSR count). The quantitative estimate of drug-likeness (QED) is 0.258. The van der Waals surface area contributed by atoms with Gasteiger partial charge >= 0.3 is 7.82 Å². The highest BCUT2D eigenvalue weighted by Crippen LogP contribution is 2.25. The standard InChI is InChI=1S/C5H7O2.H3O4P/c1-2-4-7-5-3-6;1-5(2,3)4/h2-3,5H,1,4H2;(H3,1,2,3,4). The Labute approximate surface area is 69.7 Å². The van der Waals surface area contributed by atoms with E-state index in [0.29, 0.717) is 12.9 Å². The minimum atomic E-state index is -4.64. The lowest BCUT2D eigenvalue weighted by Gasteiger charge is -1.86. The Kier molecular flexibility index (Phi) is 9.50. The van der Waals surface area contributed by atoms with E-state index in [-0.39, 0.29) is 0 Å². The second-order valence-electron chi connectivity index (χ2n) is 1.41. The van der Waals surface area contributed by atoms with Crippen LogP contribution in [-0.2, 0) is 14.4 Å². The third-order valence-corrected chi connectivity index (χ3v) is 0.366. The van der Waals surface area contributed by atoms with Crippen molar-refractivity contribution >= 4 is 7.82 Å². The zero-order valence-electron chi connectivity index (χ0n) is 6.16. The van der Waals surface area contributed by atoms with E-state index in [4.69, 9.17) is 19.2 Å². The van der Waals surface area contributed by atoms with E-state index in [0.717, 1.165) is 6.26 Å². The van der Waals surface area contributed by atoms with Crippen molar-refractivity contribution in [2.24, 2.45) is 0 Å². The molecule has 0 amide bonds. The molecule has 0 unspecified atom stereocenters. The number of ether oxygens (including phenoxy) is 1. The van der Waals surface area contributed by atoms with Gasteiger partial charge in [-0.15, -0.1) is 0 Å². The molecule has 0 bridgehead atoms. The SMILES string of the molecule is C=CCOC=C[O].O=P(O)(O)O. The van der Waals surface area contributed by atoms with E-state index in [2.05, 4.69) is 11.3 Å². The molecule has 6 nitrogen and oxygen atoms in total. The normalized spacial score (nSPS) is 10.2. The van der Waals surface area contributed by atoms with Crippen LogP contribution in [-0.4, -0.2) is 21.3 Å². The monoisotopic (exact) mass is 197 g/mol. The first kappa shape index (κ1) is 13.8. The molecule has 0 aliphatic heterocycles. The van der Waals surface area contributed by atoms with Gasteiger partial charge in [-0.1, -0.05) is 12.7 Å². The van der Waals surface area contributed by atoms with Crippen molar-refractivity contribution in [2.45, 2.75) is 0 Å². The van der Waals surface area contributed by atoms with Gasteiger partial charge in [-0.2, -0.15) is 0 Å². The lowest BCUT2D eigenvalue weighted by molar-refractivity contribution is 0.257. The van der Waals surface area contributed by atoms with Crippen molar-refractivity contribution in [1.82, 2.24) is 0 Å². The fourth-order valence-corrected chi connectivity index (χ4v) is 0.163. The first-order valence-electron chi connectivity index (χ1n) is 2.69. The molecule has 0 spiro atoms. The Morgan fingerprint density at radius 3 is 2.08 bits per heavy atom. The Balaban J connectivity index is 0. The van der Waals surface area contributed by atoms with Crippen LogP contribution in [0.15, 0.2) is 25.2 Å². The second kappa shape index (κ2) is 8.29. The molecule has 0 fully saturated rings. The van der Waals surface area contributed by atoms with Crippen molar-refractivity contribution < 1.29 is 29.1 Å². The summed E-state index contributed by atoms with van der Waals surface area (Å²) in [6.07, 6.45) is 3.24. The molecule has 71 valence electrons. The molecular weight excluding hydrogens is 187 g/mol. The van der Waals surface area contributed by atoms with Gasteiger partial charge in [-0.05, 0) is 0 Å². The van der Waals surface area contributed by atoms with Crippen LogP contribution >= 0.6 is 7.82 Å². The van der Waals surface area contributed by atoms with Gasteiger partial charge < -0.3 is 19.4 Å². The molecule has 12 heavy (non-hydrogen) atoms. The van der Waals surface area contributed by atoms with Crippen molar-refractivity contribution in [3.63, 3.8) is 0 Å². The number of hydrogen-bond acceptors (Lipinski definition) is 2. The van der Waals surface area contributed by atoms with Crippen LogP contribution in [0.2, 0.25) is 0 Å². The van der Waals surface area contributed by atoms with E-state index in [9.17, 15) is 5.11 Å². The Bertz CT molecular complexity index is 163. The van der Waals surface area contributed by atoms with Crippen molar-refractivity contribution in [3.8, 4) is 0 Å². The molecule has 0 aromatic carbocycles. The summed E-state index contributed by atoms with van der Waals surface area (Å²) in [5.41, 5.74) is 0. The Hall–Kier alpha value is -0.810. The third kappa shape index (κ3) is 60.6. The maximum atomic E-state index is 9.46. The van der Waals surface area contributed by atoms with E-state index < -0.39 is 7.82 Å². The van der Waals surface area contributed by atoms with Gasteiger partial charge in [0.1, 0.15) is 12.9 Å². The zero-order valence-corrected chi connectivity index (χ0v) is 7.05. The minimum absolute atomic E-state index is 0.402. The van der Waals surface area contributed by atoms with Crippen molar-refractivity contribution in [3.05, 3.63) is 25.2 Å².